The lowest BCUT2D eigenvalue weighted by molar-refractivity contribution is 0.0608. The summed E-state index contributed by atoms with van der Waals surface area (Å²) in [5.74, 6) is 1.82. The summed E-state index contributed by atoms with van der Waals surface area (Å²) in [6.45, 7) is 5.16. The van der Waals surface area contributed by atoms with Crippen LogP contribution in [0.25, 0.3) is 16.6 Å². The molecule has 0 unspecified atom stereocenters. The van der Waals surface area contributed by atoms with Crippen molar-refractivity contribution >= 4 is 28.3 Å². The Morgan fingerprint density at radius 1 is 1.06 bits per heavy atom. The zero-order chi connectivity index (χ0) is 22.5. The van der Waals surface area contributed by atoms with E-state index < -0.39 is 0 Å². The van der Waals surface area contributed by atoms with E-state index in [0.717, 1.165) is 72.5 Å². The molecular weight excluding hydrogens is 412 g/mol. The highest BCUT2D eigenvalue weighted by Gasteiger charge is 2.31. The molecule has 6 rings (SSSR count). The molecular formula is C26H30N6O. The van der Waals surface area contributed by atoms with Gasteiger partial charge in [-0.25, -0.2) is 9.50 Å². The average molecular weight is 443 g/mol. The minimum absolute atomic E-state index is 0.0258. The van der Waals surface area contributed by atoms with Crippen LogP contribution in [-0.2, 0) is 7.05 Å². The number of carbonyl (C=O) groups excluding carboxylic acids is 1. The van der Waals surface area contributed by atoms with Crippen molar-refractivity contribution in [2.75, 3.05) is 24.5 Å². The summed E-state index contributed by atoms with van der Waals surface area (Å²) in [4.78, 5) is 23.0. The molecule has 7 nitrogen and oxygen atoms in total. The number of amides is 1. The first-order valence-corrected chi connectivity index (χ1v) is 12.0. The topological polar surface area (TPSA) is 58.7 Å². The Balaban J connectivity index is 1.33. The molecule has 4 aromatic rings. The van der Waals surface area contributed by atoms with Crippen molar-refractivity contribution in [2.24, 2.45) is 13.0 Å². The van der Waals surface area contributed by atoms with Crippen LogP contribution >= 0.6 is 0 Å². The van der Waals surface area contributed by atoms with Crippen molar-refractivity contribution in [3.8, 4) is 0 Å². The fraction of sp³-hybridized carbons (Fsp3) is 0.423. The van der Waals surface area contributed by atoms with Crippen LogP contribution in [-0.4, -0.2) is 49.6 Å². The van der Waals surface area contributed by atoms with Crippen molar-refractivity contribution in [3.05, 3.63) is 60.0 Å². The average Bonchev–Trinajstić information content (AvgIpc) is 3.56. The maximum Gasteiger partial charge on any atom is 0.255 e. The highest BCUT2D eigenvalue weighted by Crippen LogP contribution is 2.33. The van der Waals surface area contributed by atoms with Crippen LogP contribution in [0.3, 0.4) is 0 Å². The first kappa shape index (κ1) is 20.3. The third-order valence-corrected chi connectivity index (χ3v) is 7.34. The summed E-state index contributed by atoms with van der Waals surface area (Å²) in [5.41, 5.74) is 3.63. The molecule has 2 saturated heterocycles. The predicted octanol–water partition coefficient (Wildman–Crippen LogP) is 4.43. The first-order valence-electron chi connectivity index (χ1n) is 12.0. The highest BCUT2D eigenvalue weighted by molar-refractivity contribution is 6.06. The summed E-state index contributed by atoms with van der Waals surface area (Å²) < 4.78 is 3.92. The van der Waals surface area contributed by atoms with Gasteiger partial charge in [0.2, 0.25) is 0 Å². The Bertz CT molecular complexity index is 1340. The summed E-state index contributed by atoms with van der Waals surface area (Å²) in [7, 11) is 2.01. The van der Waals surface area contributed by atoms with Crippen molar-refractivity contribution in [1.82, 2.24) is 24.1 Å². The monoisotopic (exact) mass is 442 g/mol. The predicted molar refractivity (Wildman–Crippen MR) is 130 cm³/mol. The van der Waals surface area contributed by atoms with Gasteiger partial charge in [-0.2, -0.15) is 5.10 Å². The van der Waals surface area contributed by atoms with Crippen molar-refractivity contribution in [3.63, 3.8) is 0 Å². The molecule has 2 atom stereocenters. The van der Waals surface area contributed by atoms with E-state index in [1.165, 1.54) is 6.42 Å². The van der Waals surface area contributed by atoms with Gasteiger partial charge >= 0.3 is 0 Å². The Morgan fingerprint density at radius 2 is 1.97 bits per heavy atom. The molecule has 0 spiro atoms. The highest BCUT2D eigenvalue weighted by atomic mass is 16.2. The summed E-state index contributed by atoms with van der Waals surface area (Å²) >= 11 is 0. The second-order valence-electron chi connectivity index (χ2n) is 9.67. The van der Waals surface area contributed by atoms with Gasteiger partial charge in [0, 0.05) is 61.6 Å². The molecule has 3 aromatic heterocycles. The molecule has 33 heavy (non-hydrogen) atoms. The van der Waals surface area contributed by atoms with E-state index >= 15 is 0 Å². The number of rotatable bonds is 3. The number of nitrogens with zero attached hydrogens (tertiary/aromatic N) is 6. The van der Waals surface area contributed by atoms with E-state index in [0.29, 0.717) is 5.92 Å². The lowest BCUT2D eigenvalue weighted by Gasteiger charge is -2.35. The quantitative estimate of drug-likeness (QED) is 0.471. The number of carbonyl (C=O) groups is 1. The number of likely N-dealkylation sites (tertiary alicyclic amines) is 1. The van der Waals surface area contributed by atoms with Gasteiger partial charge in [-0.05, 0) is 55.9 Å². The number of aromatic nitrogens is 4. The number of piperidine rings is 1. The Morgan fingerprint density at radius 3 is 2.82 bits per heavy atom. The smallest absolute Gasteiger partial charge is 0.255 e. The minimum atomic E-state index is -0.0258. The maximum absolute atomic E-state index is 13.7. The maximum atomic E-state index is 13.7. The molecule has 7 heteroatoms. The molecule has 0 aliphatic carbocycles. The fourth-order valence-corrected chi connectivity index (χ4v) is 5.50. The summed E-state index contributed by atoms with van der Waals surface area (Å²) in [5, 5.41) is 5.86. The number of hydrogen-bond acceptors (Lipinski definition) is 4. The van der Waals surface area contributed by atoms with E-state index in [2.05, 4.69) is 34.6 Å². The van der Waals surface area contributed by atoms with Crippen molar-refractivity contribution in [2.45, 2.75) is 38.6 Å². The van der Waals surface area contributed by atoms with Gasteiger partial charge < -0.3 is 14.4 Å². The van der Waals surface area contributed by atoms with Gasteiger partial charge in [0.05, 0.1) is 11.7 Å². The molecule has 0 N–H and O–H groups in total. The third kappa shape index (κ3) is 3.46. The molecule has 1 amide bonds. The van der Waals surface area contributed by atoms with Crippen LogP contribution in [0.5, 0.6) is 0 Å². The van der Waals surface area contributed by atoms with Crippen LogP contribution in [0.4, 0.5) is 5.82 Å². The third-order valence-electron chi connectivity index (χ3n) is 7.34. The van der Waals surface area contributed by atoms with E-state index in [9.17, 15) is 4.79 Å². The van der Waals surface area contributed by atoms with Crippen LogP contribution in [0.1, 0.15) is 54.7 Å². The number of aryl methyl sites for hydroxylation is 1. The SMILES string of the molecule is C[C@H]1CCN(c2ccn3nc([C@@H]4CCCCN4C(=O)c4cccc5c4ccn5C)cc3n2)C1. The minimum Gasteiger partial charge on any atom is -0.356 e. The van der Waals surface area contributed by atoms with E-state index in [1.807, 2.05) is 47.1 Å². The van der Waals surface area contributed by atoms with E-state index in [-0.39, 0.29) is 11.9 Å². The first-order chi connectivity index (χ1) is 16.1. The number of fused-ring (bicyclic) bond motifs is 2. The number of anilines is 1. The zero-order valence-electron chi connectivity index (χ0n) is 19.3. The van der Waals surface area contributed by atoms with Gasteiger partial charge in [0.1, 0.15) is 5.82 Å². The van der Waals surface area contributed by atoms with Crippen molar-refractivity contribution in [1.29, 1.82) is 0 Å². The molecule has 0 saturated carbocycles. The van der Waals surface area contributed by atoms with Gasteiger partial charge in [0.25, 0.3) is 5.91 Å². The standard InChI is InChI=1S/C26H30N6O/c1-18-9-14-30(17-18)24-11-15-32-25(27-24)16-21(28-32)23-7-3-4-12-31(23)26(33)20-6-5-8-22-19(20)10-13-29(22)2/h5-6,8,10-11,13,15-16,18,23H,3-4,7,9,12,14,17H2,1-2H3/t18-,23-/m0/s1. The second kappa shape index (κ2) is 7.90. The molecule has 0 bridgehead atoms. The lowest BCUT2D eigenvalue weighted by Crippen LogP contribution is -2.38. The zero-order valence-corrected chi connectivity index (χ0v) is 19.3. The van der Waals surface area contributed by atoms with Crippen molar-refractivity contribution < 1.29 is 4.79 Å². The van der Waals surface area contributed by atoms with Crippen LogP contribution in [0.15, 0.2) is 48.8 Å². The van der Waals surface area contributed by atoms with Gasteiger partial charge in [0.15, 0.2) is 5.65 Å². The summed E-state index contributed by atoms with van der Waals surface area (Å²) in [6.07, 6.45) is 8.28. The summed E-state index contributed by atoms with van der Waals surface area (Å²) in [6, 6.07) is 12.1. The molecule has 0 radical (unpaired) electrons. The second-order valence-corrected chi connectivity index (χ2v) is 9.67. The molecule has 2 fully saturated rings. The van der Waals surface area contributed by atoms with Gasteiger partial charge in [-0.3, -0.25) is 4.79 Å². The van der Waals surface area contributed by atoms with Gasteiger partial charge in [-0.1, -0.05) is 13.0 Å². The van der Waals surface area contributed by atoms with E-state index in [4.69, 9.17) is 10.1 Å². The van der Waals surface area contributed by atoms with E-state index in [1.54, 1.807) is 0 Å². The van der Waals surface area contributed by atoms with Crippen LogP contribution in [0.2, 0.25) is 0 Å². The number of hydrogen-bond donors (Lipinski definition) is 0. The van der Waals surface area contributed by atoms with Gasteiger partial charge in [-0.15, -0.1) is 0 Å². The number of benzene rings is 1. The largest absolute Gasteiger partial charge is 0.356 e. The molecule has 2 aliphatic heterocycles. The lowest BCUT2D eigenvalue weighted by atomic mass is 9.97. The Kier molecular flexibility index (Phi) is 4.85. The molecule has 1 aromatic carbocycles. The normalized spacial score (nSPS) is 21.4. The van der Waals surface area contributed by atoms with Crippen LogP contribution in [0, 0.1) is 5.92 Å². The molecule has 2 aliphatic rings. The molecule has 5 heterocycles. The fourth-order valence-electron chi connectivity index (χ4n) is 5.50. The Hall–Kier alpha value is -3.35. The molecule has 170 valence electrons. The Labute approximate surface area is 193 Å². The van der Waals surface area contributed by atoms with Crippen LogP contribution < -0.4 is 4.90 Å².